The third-order valence-electron chi connectivity index (χ3n) is 5.33. The molecular formula is C19H28N2O2. The Labute approximate surface area is 139 Å². The molecule has 2 aliphatic heterocycles. The van der Waals surface area contributed by atoms with Crippen molar-refractivity contribution in [2.75, 3.05) is 32.7 Å². The summed E-state index contributed by atoms with van der Waals surface area (Å²) in [5, 5.41) is 9.91. The number of nitrogens with zero attached hydrogens (tertiary/aromatic N) is 2. The highest BCUT2D eigenvalue weighted by Gasteiger charge is 2.27. The molecule has 2 saturated heterocycles. The Bertz CT molecular complexity index is 538. The van der Waals surface area contributed by atoms with Crippen LogP contribution in [0.25, 0.3) is 0 Å². The van der Waals surface area contributed by atoms with Crippen LogP contribution in [0, 0.1) is 11.8 Å². The quantitative estimate of drug-likeness (QED) is 0.932. The normalized spacial score (nSPS) is 23.9. The van der Waals surface area contributed by atoms with E-state index in [-0.39, 0.29) is 11.7 Å². The molecule has 2 fully saturated rings. The van der Waals surface area contributed by atoms with Crippen LogP contribution in [0.15, 0.2) is 24.3 Å². The molecule has 1 amide bonds. The maximum Gasteiger partial charge on any atom is 0.257 e. The van der Waals surface area contributed by atoms with Crippen LogP contribution >= 0.6 is 0 Å². The van der Waals surface area contributed by atoms with Crippen LogP contribution in [0.2, 0.25) is 0 Å². The predicted molar refractivity (Wildman–Crippen MR) is 91.6 cm³/mol. The van der Waals surface area contributed by atoms with Crippen LogP contribution in [0.3, 0.4) is 0 Å². The van der Waals surface area contributed by atoms with Gasteiger partial charge in [-0.15, -0.1) is 0 Å². The first kappa shape index (κ1) is 16.3. The van der Waals surface area contributed by atoms with Gasteiger partial charge in [-0.25, -0.2) is 0 Å². The van der Waals surface area contributed by atoms with Gasteiger partial charge in [0, 0.05) is 19.6 Å². The summed E-state index contributed by atoms with van der Waals surface area (Å²) in [5.74, 6) is 1.48. The van der Waals surface area contributed by atoms with Crippen LogP contribution in [0.1, 0.15) is 43.0 Å². The zero-order valence-electron chi connectivity index (χ0n) is 14.1. The molecule has 1 N–H and O–H groups in total. The Hall–Kier alpha value is -1.55. The van der Waals surface area contributed by atoms with Crippen LogP contribution in [-0.2, 0) is 0 Å². The molecule has 0 spiro atoms. The summed E-state index contributed by atoms with van der Waals surface area (Å²) in [5.41, 5.74) is 0.431. The minimum atomic E-state index is -0.0277. The van der Waals surface area contributed by atoms with Gasteiger partial charge in [-0.1, -0.05) is 19.1 Å². The lowest BCUT2D eigenvalue weighted by atomic mass is 9.94. The molecule has 4 heteroatoms. The van der Waals surface area contributed by atoms with Gasteiger partial charge in [0.15, 0.2) is 0 Å². The number of benzene rings is 1. The van der Waals surface area contributed by atoms with Crippen molar-refractivity contribution in [3.05, 3.63) is 29.8 Å². The molecule has 1 atom stereocenters. The fourth-order valence-electron chi connectivity index (χ4n) is 3.83. The van der Waals surface area contributed by atoms with E-state index in [1.807, 2.05) is 11.0 Å². The third kappa shape index (κ3) is 4.05. The minimum Gasteiger partial charge on any atom is -0.507 e. The van der Waals surface area contributed by atoms with Crippen molar-refractivity contribution >= 4 is 5.91 Å². The van der Waals surface area contributed by atoms with E-state index < -0.39 is 0 Å². The molecule has 0 saturated carbocycles. The molecular weight excluding hydrogens is 288 g/mol. The van der Waals surface area contributed by atoms with E-state index in [1.54, 1.807) is 18.2 Å². The first-order valence-corrected chi connectivity index (χ1v) is 8.93. The van der Waals surface area contributed by atoms with Crippen LogP contribution < -0.4 is 0 Å². The number of rotatable bonds is 3. The molecule has 0 radical (unpaired) electrons. The molecule has 3 rings (SSSR count). The van der Waals surface area contributed by atoms with Crippen molar-refractivity contribution in [3.8, 4) is 5.75 Å². The van der Waals surface area contributed by atoms with E-state index in [0.717, 1.165) is 32.0 Å². The second kappa shape index (κ2) is 7.35. The average Bonchev–Trinajstić information content (AvgIpc) is 2.57. The summed E-state index contributed by atoms with van der Waals surface area (Å²) < 4.78 is 0. The molecule has 0 aromatic heterocycles. The first-order chi connectivity index (χ1) is 11.1. The van der Waals surface area contributed by atoms with Gasteiger partial charge in [-0.2, -0.15) is 0 Å². The highest BCUT2D eigenvalue weighted by Crippen LogP contribution is 2.24. The fraction of sp³-hybridized carbons (Fsp3) is 0.632. The van der Waals surface area contributed by atoms with Gasteiger partial charge in [0.1, 0.15) is 5.75 Å². The molecule has 23 heavy (non-hydrogen) atoms. The predicted octanol–water partition coefficient (Wildman–Crippen LogP) is 2.98. The molecule has 0 unspecified atom stereocenters. The van der Waals surface area contributed by atoms with E-state index in [4.69, 9.17) is 0 Å². The summed E-state index contributed by atoms with van der Waals surface area (Å²) >= 11 is 0. The number of hydrogen-bond donors (Lipinski definition) is 1. The summed E-state index contributed by atoms with van der Waals surface area (Å²) in [6, 6.07) is 6.86. The smallest absolute Gasteiger partial charge is 0.257 e. The van der Waals surface area contributed by atoms with Crippen molar-refractivity contribution in [1.82, 2.24) is 9.80 Å². The van der Waals surface area contributed by atoms with Gasteiger partial charge < -0.3 is 14.9 Å². The summed E-state index contributed by atoms with van der Waals surface area (Å²) in [7, 11) is 0. The number of carbonyl (C=O) groups is 1. The minimum absolute atomic E-state index is 0.0277. The number of phenolic OH excluding ortho intramolecular Hbond substituents is 1. The molecule has 1 aromatic rings. The largest absolute Gasteiger partial charge is 0.507 e. The van der Waals surface area contributed by atoms with Crippen molar-refractivity contribution in [1.29, 1.82) is 0 Å². The summed E-state index contributed by atoms with van der Waals surface area (Å²) in [4.78, 5) is 17.1. The Morgan fingerprint density at radius 3 is 2.65 bits per heavy atom. The monoisotopic (exact) mass is 316 g/mol. The third-order valence-corrected chi connectivity index (χ3v) is 5.33. The second-order valence-electron chi connectivity index (χ2n) is 7.26. The van der Waals surface area contributed by atoms with Crippen molar-refractivity contribution in [2.24, 2.45) is 11.8 Å². The van der Waals surface area contributed by atoms with Gasteiger partial charge in [0.2, 0.25) is 0 Å². The van der Waals surface area contributed by atoms with Gasteiger partial charge in [0.05, 0.1) is 5.56 Å². The Kier molecular flexibility index (Phi) is 5.21. The van der Waals surface area contributed by atoms with Gasteiger partial charge in [0.25, 0.3) is 5.91 Å². The Balaban J connectivity index is 1.58. The summed E-state index contributed by atoms with van der Waals surface area (Å²) in [6.45, 7) is 7.47. The fourth-order valence-corrected chi connectivity index (χ4v) is 3.83. The Morgan fingerprint density at radius 2 is 1.91 bits per heavy atom. The highest BCUT2D eigenvalue weighted by atomic mass is 16.3. The number of para-hydroxylation sites is 1. The average molecular weight is 316 g/mol. The SMILES string of the molecule is CC1CCN(C[C@@H]2CCCN(C(=O)c3ccccc3O)C2)CC1. The Morgan fingerprint density at radius 1 is 1.17 bits per heavy atom. The maximum atomic E-state index is 12.7. The van der Waals surface area contributed by atoms with E-state index in [1.165, 1.54) is 32.4 Å². The lowest BCUT2D eigenvalue weighted by Crippen LogP contribution is -2.45. The molecule has 0 aliphatic carbocycles. The number of piperidine rings is 2. The van der Waals surface area contributed by atoms with Gasteiger partial charge in [-0.05, 0) is 62.7 Å². The van der Waals surface area contributed by atoms with E-state index in [9.17, 15) is 9.90 Å². The second-order valence-corrected chi connectivity index (χ2v) is 7.26. The molecule has 2 heterocycles. The molecule has 2 aliphatic rings. The number of amides is 1. The van der Waals surface area contributed by atoms with Crippen LogP contribution in [-0.4, -0.2) is 53.5 Å². The van der Waals surface area contributed by atoms with E-state index >= 15 is 0 Å². The molecule has 126 valence electrons. The van der Waals surface area contributed by atoms with Crippen LogP contribution in [0.4, 0.5) is 0 Å². The van der Waals surface area contributed by atoms with Crippen molar-refractivity contribution < 1.29 is 9.90 Å². The molecule has 4 nitrogen and oxygen atoms in total. The number of phenols is 1. The molecule has 0 bridgehead atoms. The standard InChI is InChI=1S/C19H28N2O2/c1-15-8-11-20(12-9-15)13-16-5-4-10-21(14-16)19(23)17-6-2-3-7-18(17)22/h2-3,6-7,15-16,22H,4-5,8-14H2,1H3/t16-/m0/s1. The van der Waals surface area contributed by atoms with E-state index in [2.05, 4.69) is 11.8 Å². The van der Waals surface area contributed by atoms with Crippen LogP contribution in [0.5, 0.6) is 5.75 Å². The summed E-state index contributed by atoms with van der Waals surface area (Å²) in [6.07, 6.45) is 4.87. The first-order valence-electron chi connectivity index (χ1n) is 8.93. The van der Waals surface area contributed by atoms with Crippen molar-refractivity contribution in [3.63, 3.8) is 0 Å². The van der Waals surface area contributed by atoms with Crippen molar-refractivity contribution in [2.45, 2.75) is 32.6 Å². The number of aromatic hydroxyl groups is 1. The lowest BCUT2D eigenvalue weighted by molar-refractivity contribution is 0.0619. The van der Waals surface area contributed by atoms with Gasteiger partial charge in [-0.3, -0.25) is 4.79 Å². The zero-order chi connectivity index (χ0) is 16.2. The number of hydrogen-bond acceptors (Lipinski definition) is 3. The zero-order valence-corrected chi connectivity index (χ0v) is 14.1. The van der Waals surface area contributed by atoms with Gasteiger partial charge >= 0.3 is 0 Å². The maximum absolute atomic E-state index is 12.7. The lowest BCUT2D eigenvalue weighted by Gasteiger charge is -2.38. The number of likely N-dealkylation sites (tertiary alicyclic amines) is 2. The molecule has 1 aromatic carbocycles. The highest BCUT2D eigenvalue weighted by molar-refractivity contribution is 5.96. The van der Waals surface area contributed by atoms with E-state index in [0.29, 0.717) is 11.5 Å². The topological polar surface area (TPSA) is 43.8 Å². The number of carbonyl (C=O) groups excluding carboxylic acids is 1.